The first-order valence-corrected chi connectivity index (χ1v) is 12.2. The van der Waals surface area contributed by atoms with Crippen LogP contribution in [0.4, 0.5) is 5.13 Å². The number of nitrogens with zero attached hydrogens (tertiary/aromatic N) is 3. The fourth-order valence-electron chi connectivity index (χ4n) is 2.85. The van der Waals surface area contributed by atoms with Crippen LogP contribution in [0, 0.1) is 0 Å². The Morgan fingerprint density at radius 1 is 1.25 bits per heavy atom. The van der Waals surface area contributed by atoms with Crippen molar-refractivity contribution >= 4 is 44.2 Å². The summed E-state index contributed by atoms with van der Waals surface area (Å²) in [6, 6.07) is 6.13. The zero-order valence-corrected chi connectivity index (χ0v) is 17.8. The largest absolute Gasteiger partial charge is 0.296 e. The predicted octanol–water partition coefficient (Wildman–Crippen LogP) is 3.63. The van der Waals surface area contributed by atoms with Crippen LogP contribution in [-0.2, 0) is 10.0 Å². The first kappa shape index (κ1) is 21.0. The molecule has 150 valence electrons. The molecule has 2 heterocycles. The van der Waals surface area contributed by atoms with Crippen LogP contribution in [-0.4, -0.2) is 47.7 Å². The van der Waals surface area contributed by atoms with Crippen molar-refractivity contribution in [3.05, 3.63) is 42.5 Å². The quantitative estimate of drug-likeness (QED) is 0.403. The van der Waals surface area contributed by atoms with Gasteiger partial charge in [-0.1, -0.05) is 48.1 Å². The van der Waals surface area contributed by atoms with Gasteiger partial charge in [-0.15, -0.1) is 16.8 Å². The lowest BCUT2D eigenvalue weighted by atomic mass is 10.2. The van der Waals surface area contributed by atoms with Gasteiger partial charge in [-0.05, 0) is 31.0 Å². The Bertz CT molecular complexity index is 935. The highest BCUT2D eigenvalue weighted by Crippen LogP contribution is 2.26. The first-order chi connectivity index (χ1) is 13.5. The monoisotopic (exact) mass is 438 g/mol. The lowest BCUT2D eigenvalue weighted by Gasteiger charge is -2.20. The Morgan fingerprint density at radius 3 is 2.71 bits per heavy atom. The number of hydrogen-bond donors (Lipinski definition) is 1. The molecular formula is C18H22N4O3S3. The van der Waals surface area contributed by atoms with E-state index < -0.39 is 15.9 Å². The van der Waals surface area contributed by atoms with Crippen LogP contribution in [0.3, 0.4) is 0 Å². The number of rotatable bonds is 7. The molecule has 1 amide bonds. The van der Waals surface area contributed by atoms with Gasteiger partial charge < -0.3 is 0 Å². The van der Waals surface area contributed by atoms with E-state index in [0.717, 1.165) is 30.0 Å². The normalized spacial score (nSPS) is 15.7. The molecule has 0 atom stereocenters. The van der Waals surface area contributed by atoms with E-state index in [2.05, 4.69) is 22.1 Å². The van der Waals surface area contributed by atoms with Crippen molar-refractivity contribution in [2.75, 3.05) is 24.2 Å². The van der Waals surface area contributed by atoms with Gasteiger partial charge in [0.1, 0.15) is 0 Å². The highest BCUT2D eigenvalue weighted by atomic mass is 32.2. The zero-order valence-electron chi connectivity index (χ0n) is 15.3. The number of hydrogen-bond acceptors (Lipinski definition) is 7. The third-order valence-corrected chi connectivity index (χ3v) is 8.11. The molecule has 1 aliphatic heterocycles. The highest BCUT2D eigenvalue weighted by Gasteiger charge is 2.26. The smallest absolute Gasteiger partial charge is 0.257 e. The predicted molar refractivity (Wildman–Crippen MR) is 112 cm³/mol. The number of carbonyl (C=O) groups excluding carboxylic acids is 1. The molecule has 28 heavy (non-hydrogen) atoms. The minimum Gasteiger partial charge on any atom is -0.296 e. The second-order valence-corrected chi connectivity index (χ2v) is 10.5. The SMILES string of the molecule is C=CCSc1nnc(NC(=O)c2cccc(S(=O)(=O)N3CCCCCC3)c2)s1. The highest BCUT2D eigenvalue weighted by molar-refractivity contribution is 8.01. The van der Waals surface area contributed by atoms with Crippen molar-refractivity contribution in [1.82, 2.24) is 14.5 Å². The minimum absolute atomic E-state index is 0.140. The van der Waals surface area contributed by atoms with Crippen LogP contribution in [0.15, 0.2) is 46.2 Å². The Morgan fingerprint density at radius 2 is 2.00 bits per heavy atom. The molecular weight excluding hydrogens is 416 g/mol. The summed E-state index contributed by atoms with van der Waals surface area (Å²) in [5, 5.41) is 11.0. The lowest BCUT2D eigenvalue weighted by Crippen LogP contribution is -2.32. The fraction of sp³-hybridized carbons (Fsp3) is 0.389. The molecule has 1 saturated heterocycles. The number of thioether (sulfide) groups is 1. The maximum atomic E-state index is 12.9. The van der Waals surface area contributed by atoms with Gasteiger partial charge in [-0.3, -0.25) is 10.1 Å². The molecule has 1 N–H and O–H groups in total. The Balaban J connectivity index is 1.73. The van der Waals surface area contributed by atoms with E-state index in [4.69, 9.17) is 0 Å². The third-order valence-electron chi connectivity index (χ3n) is 4.25. The number of carbonyl (C=O) groups is 1. The molecule has 0 radical (unpaired) electrons. The summed E-state index contributed by atoms with van der Waals surface area (Å²) in [4.78, 5) is 12.7. The van der Waals surface area contributed by atoms with Crippen LogP contribution in [0.5, 0.6) is 0 Å². The second kappa shape index (κ2) is 9.64. The third kappa shape index (κ3) is 5.19. The molecule has 0 saturated carbocycles. The number of sulfonamides is 1. The first-order valence-electron chi connectivity index (χ1n) is 8.99. The number of anilines is 1. The summed E-state index contributed by atoms with van der Waals surface area (Å²) in [7, 11) is -3.61. The number of nitrogens with one attached hydrogen (secondary N) is 1. The van der Waals surface area contributed by atoms with Gasteiger partial charge in [0.05, 0.1) is 4.90 Å². The van der Waals surface area contributed by atoms with E-state index in [1.807, 2.05) is 0 Å². The molecule has 1 aromatic heterocycles. The fourth-order valence-corrected chi connectivity index (χ4v) is 5.92. The Hall–Kier alpha value is -1.75. The van der Waals surface area contributed by atoms with Gasteiger partial charge in [-0.25, -0.2) is 8.42 Å². The molecule has 1 aliphatic rings. The Kier molecular flexibility index (Phi) is 7.22. The summed E-state index contributed by atoms with van der Waals surface area (Å²) in [5.41, 5.74) is 0.270. The van der Waals surface area contributed by atoms with Gasteiger partial charge in [0, 0.05) is 24.4 Å². The van der Waals surface area contributed by atoms with Gasteiger partial charge in [0.25, 0.3) is 5.91 Å². The van der Waals surface area contributed by atoms with E-state index in [1.165, 1.54) is 39.5 Å². The van der Waals surface area contributed by atoms with Gasteiger partial charge in [0.2, 0.25) is 15.2 Å². The lowest BCUT2D eigenvalue weighted by molar-refractivity contribution is 0.102. The Labute approximate surface area is 173 Å². The van der Waals surface area contributed by atoms with E-state index >= 15 is 0 Å². The van der Waals surface area contributed by atoms with Gasteiger partial charge in [0.15, 0.2) is 4.34 Å². The maximum absolute atomic E-state index is 12.9. The van der Waals surface area contributed by atoms with Crippen molar-refractivity contribution in [2.24, 2.45) is 0 Å². The van der Waals surface area contributed by atoms with Crippen LogP contribution < -0.4 is 5.32 Å². The topological polar surface area (TPSA) is 92.3 Å². The summed E-state index contributed by atoms with van der Waals surface area (Å²) in [6.07, 6.45) is 5.58. The van der Waals surface area contributed by atoms with Crippen molar-refractivity contribution in [1.29, 1.82) is 0 Å². The van der Waals surface area contributed by atoms with E-state index in [1.54, 1.807) is 18.2 Å². The van der Waals surface area contributed by atoms with Crippen molar-refractivity contribution in [2.45, 2.75) is 34.9 Å². The molecule has 3 rings (SSSR count). The molecule has 0 unspecified atom stereocenters. The van der Waals surface area contributed by atoms with Crippen LogP contribution in [0.25, 0.3) is 0 Å². The molecule has 0 bridgehead atoms. The van der Waals surface area contributed by atoms with Crippen molar-refractivity contribution in [3.8, 4) is 0 Å². The minimum atomic E-state index is -3.61. The summed E-state index contributed by atoms with van der Waals surface area (Å²) in [6.45, 7) is 4.70. The van der Waals surface area contributed by atoms with Crippen molar-refractivity contribution in [3.63, 3.8) is 0 Å². The molecule has 0 spiro atoms. The van der Waals surface area contributed by atoms with E-state index in [9.17, 15) is 13.2 Å². The standard InChI is InChI=1S/C18H22N4O3S3/c1-2-12-26-18-21-20-17(27-18)19-16(23)14-8-7-9-15(13-14)28(24,25)22-10-5-3-4-6-11-22/h2,7-9,13H,1,3-6,10-12H2,(H,19,20,23). The number of amides is 1. The molecule has 10 heteroatoms. The van der Waals surface area contributed by atoms with Gasteiger partial charge >= 0.3 is 0 Å². The summed E-state index contributed by atoms with van der Waals surface area (Å²) >= 11 is 2.74. The average molecular weight is 439 g/mol. The molecule has 1 aromatic carbocycles. The zero-order chi connectivity index (χ0) is 20.0. The molecule has 0 aliphatic carbocycles. The number of benzene rings is 1. The van der Waals surface area contributed by atoms with Crippen molar-refractivity contribution < 1.29 is 13.2 Å². The van der Waals surface area contributed by atoms with Crippen LogP contribution >= 0.6 is 23.1 Å². The summed E-state index contributed by atoms with van der Waals surface area (Å²) < 4.78 is 28.1. The van der Waals surface area contributed by atoms with Crippen LogP contribution in [0.1, 0.15) is 36.0 Å². The average Bonchev–Trinajstić information content (AvgIpc) is 2.95. The van der Waals surface area contributed by atoms with Crippen LogP contribution in [0.2, 0.25) is 0 Å². The van der Waals surface area contributed by atoms with E-state index in [-0.39, 0.29) is 10.5 Å². The molecule has 2 aromatic rings. The van der Waals surface area contributed by atoms with Gasteiger partial charge in [-0.2, -0.15) is 4.31 Å². The maximum Gasteiger partial charge on any atom is 0.257 e. The molecule has 7 nitrogen and oxygen atoms in total. The summed E-state index contributed by atoms with van der Waals surface area (Å²) in [5.74, 6) is 0.295. The van der Waals surface area contributed by atoms with E-state index in [0.29, 0.717) is 24.0 Å². The second-order valence-electron chi connectivity index (χ2n) is 6.27. The number of aromatic nitrogens is 2. The molecule has 1 fully saturated rings.